The molecule has 1 atom stereocenters. The lowest BCUT2D eigenvalue weighted by Gasteiger charge is -2.18. The van der Waals surface area contributed by atoms with Gasteiger partial charge in [-0.05, 0) is 44.9 Å². The van der Waals surface area contributed by atoms with Gasteiger partial charge in [-0.25, -0.2) is 0 Å². The Morgan fingerprint density at radius 1 is 0.370 bits per heavy atom. The van der Waals surface area contributed by atoms with Crippen LogP contribution in [0.2, 0.25) is 0 Å². The molecular formula is C48H88O6. The Bertz CT molecular complexity index is 880. The molecule has 0 aromatic carbocycles. The van der Waals surface area contributed by atoms with Crippen LogP contribution in [0.15, 0.2) is 24.3 Å². The van der Waals surface area contributed by atoms with E-state index in [4.69, 9.17) is 14.2 Å². The predicted octanol–water partition coefficient (Wildman–Crippen LogP) is 14.8. The molecule has 0 radical (unpaired) electrons. The molecule has 0 spiro atoms. The first-order chi connectivity index (χ1) is 26.5. The van der Waals surface area contributed by atoms with E-state index < -0.39 is 6.10 Å². The molecule has 0 rings (SSSR count). The van der Waals surface area contributed by atoms with Crippen LogP contribution in [-0.2, 0) is 28.6 Å². The summed E-state index contributed by atoms with van der Waals surface area (Å²) in [7, 11) is 0. The minimum Gasteiger partial charge on any atom is -0.462 e. The highest BCUT2D eigenvalue weighted by atomic mass is 16.6. The quantitative estimate of drug-likeness (QED) is 0.0267. The molecule has 0 aliphatic carbocycles. The van der Waals surface area contributed by atoms with E-state index in [9.17, 15) is 14.4 Å². The number of hydrogen-bond acceptors (Lipinski definition) is 6. The molecule has 0 amide bonds. The van der Waals surface area contributed by atoms with Crippen molar-refractivity contribution < 1.29 is 28.6 Å². The van der Waals surface area contributed by atoms with Crippen molar-refractivity contribution in [3.05, 3.63) is 24.3 Å². The molecule has 0 N–H and O–H groups in total. The standard InChI is InChI=1S/C48H88O6/c1-4-7-10-13-16-19-22-23-24-27-29-32-35-38-41-47(50)53-44-45(54-48(51)42-39-36-33-30-26-21-18-15-12-9-6-3)43-52-46(49)40-37-34-31-28-25-20-17-14-11-8-5-2/h13,16,22-23,45H,4-12,14-15,17-21,24-44H2,1-3H3/b16-13-,23-22-. The maximum absolute atomic E-state index is 12.7. The molecule has 6 nitrogen and oxygen atoms in total. The van der Waals surface area contributed by atoms with Gasteiger partial charge in [0.2, 0.25) is 0 Å². The third kappa shape index (κ3) is 41.1. The second-order valence-electron chi connectivity index (χ2n) is 15.7. The number of unbranched alkanes of at least 4 members (excludes halogenated alkanes) is 27. The van der Waals surface area contributed by atoms with E-state index in [1.54, 1.807) is 0 Å². The van der Waals surface area contributed by atoms with Crippen LogP contribution in [0.3, 0.4) is 0 Å². The van der Waals surface area contributed by atoms with Crippen molar-refractivity contribution in [1.29, 1.82) is 0 Å². The molecule has 0 aliphatic heterocycles. The van der Waals surface area contributed by atoms with Crippen LogP contribution < -0.4 is 0 Å². The third-order valence-electron chi connectivity index (χ3n) is 10.2. The fourth-order valence-electron chi connectivity index (χ4n) is 6.63. The average Bonchev–Trinajstić information content (AvgIpc) is 3.17. The second kappa shape index (κ2) is 43.6. The van der Waals surface area contributed by atoms with E-state index in [-0.39, 0.29) is 31.1 Å². The molecule has 316 valence electrons. The Balaban J connectivity index is 4.36. The number of carbonyl (C=O) groups excluding carboxylic acids is 3. The molecule has 6 heteroatoms. The van der Waals surface area contributed by atoms with Crippen LogP contribution in [-0.4, -0.2) is 37.2 Å². The lowest BCUT2D eigenvalue weighted by atomic mass is 10.1. The van der Waals surface area contributed by atoms with Crippen molar-refractivity contribution in [2.45, 2.75) is 252 Å². The minimum absolute atomic E-state index is 0.0717. The smallest absolute Gasteiger partial charge is 0.306 e. The summed E-state index contributed by atoms with van der Waals surface area (Å²) in [4.78, 5) is 37.7. The maximum Gasteiger partial charge on any atom is 0.306 e. The highest BCUT2D eigenvalue weighted by molar-refractivity contribution is 5.71. The zero-order chi connectivity index (χ0) is 39.4. The van der Waals surface area contributed by atoms with E-state index in [1.807, 2.05) is 0 Å². The van der Waals surface area contributed by atoms with E-state index in [0.29, 0.717) is 19.3 Å². The molecule has 0 aromatic rings. The average molecular weight is 761 g/mol. The normalized spacial score (nSPS) is 12.1. The molecule has 0 bridgehead atoms. The maximum atomic E-state index is 12.7. The summed E-state index contributed by atoms with van der Waals surface area (Å²) < 4.78 is 16.7. The van der Waals surface area contributed by atoms with E-state index in [0.717, 1.165) is 77.0 Å². The van der Waals surface area contributed by atoms with Crippen LogP contribution in [0, 0.1) is 0 Å². The summed E-state index contributed by atoms with van der Waals surface area (Å²) >= 11 is 0. The predicted molar refractivity (Wildman–Crippen MR) is 229 cm³/mol. The molecular weight excluding hydrogens is 673 g/mol. The van der Waals surface area contributed by atoms with Gasteiger partial charge in [0.05, 0.1) is 0 Å². The Labute approximate surface area is 334 Å². The van der Waals surface area contributed by atoms with Gasteiger partial charge in [-0.15, -0.1) is 0 Å². The van der Waals surface area contributed by atoms with Crippen molar-refractivity contribution >= 4 is 17.9 Å². The Kier molecular flexibility index (Phi) is 41.9. The number of allylic oxidation sites excluding steroid dienone is 4. The fourth-order valence-corrected chi connectivity index (χ4v) is 6.63. The van der Waals surface area contributed by atoms with Gasteiger partial charge in [0.25, 0.3) is 0 Å². The Morgan fingerprint density at radius 2 is 0.685 bits per heavy atom. The summed E-state index contributed by atoms with van der Waals surface area (Å²) in [6.07, 6.45) is 47.2. The largest absolute Gasteiger partial charge is 0.462 e. The zero-order valence-electron chi connectivity index (χ0n) is 36.0. The van der Waals surface area contributed by atoms with Gasteiger partial charge < -0.3 is 14.2 Å². The van der Waals surface area contributed by atoms with Gasteiger partial charge >= 0.3 is 17.9 Å². The van der Waals surface area contributed by atoms with Crippen LogP contribution in [0.1, 0.15) is 245 Å². The first-order valence-corrected chi connectivity index (χ1v) is 23.3. The number of hydrogen-bond donors (Lipinski definition) is 0. The van der Waals surface area contributed by atoms with Crippen molar-refractivity contribution in [2.75, 3.05) is 13.2 Å². The lowest BCUT2D eigenvalue weighted by Crippen LogP contribution is -2.30. The highest BCUT2D eigenvalue weighted by Gasteiger charge is 2.19. The molecule has 0 fully saturated rings. The Hall–Kier alpha value is -2.11. The number of rotatable bonds is 42. The van der Waals surface area contributed by atoms with Crippen molar-refractivity contribution in [3.63, 3.8) is 0 Å². The summed E-state index contributed by atoms with van der Waals surface area (Å²) in [5.41, 5.74) is 0. The molecule has 0 saturated heterocycles. The number of esters is 3. The third-order valence-corrected chi connectivity index (χ3v) is 10.2. The van der Waals surface area contributed by atoms with Gasteiger partial charge in [0.1, 0.15) is 13.2 Å². The van der Waals surface area contributed by atoms with Crippen molar-refractivity contribution in [3.8, 4) is 0 Å². The van der Waals surface area contributed by atoms with Crippen LogP contribution in [0.5, 0.6) is 0 Å². The topological polar surface area (TPSA) is 78.9 Å². The van der Waals surface area contributed by atoms with E-state index in [1.165, 1.54) is 128 Å². The highest BCUT2D eigenvalue weighted by Crippen LogP contribution is 2.15. The first-order valence-electron chi connectivity index (χ1n) is 23.3. The van der Waals surface area contributed by atoms with E-state index >= 15 is 0 Å². The first kappa shape index (κ1) is 51.9. The fraction of sp³-hybridized carbons (Fsp3) is 0.854. The zero-order valence-corrected chi connectivity index (χ0v) is 36.0. The molecule has 0 heterocycles. The van der Waals surface area contributed by atoms with Crippen LogP contribution in [0.4, 0.5) is 0 Å². The van der Waals surface area contributed by atoms with Crippen molar-refractivity contribution in [1.82, 2.24) is 0 Å². The summed E-state index contributed by atoms with van der Waals surface area (Å²) in [6, 6.07) is 0. The molecule has 0 aliphatic rings. The molecule has 1 unspecified atom stereocenters. The number of carbonyl (C=O) groups is 3. The SMILES string of the molecule is CCCC/C=C\C/C=C\CCCCCCCC(=O)OCC(COC(=O)CCCCCCCCCCCCC)OC(=O)CCCCCCCCCCCCC. The van der Waals surface area contributed by atoms with Crippen LogP contribution >= 0.6 is 0 Å². The lowest BCUT2D eigenvalue weighted by molar-refractivity contribution is -0.167. The van der Waals surface area contributed by atoms with E-state index in [2.05, 4.69) is 45.1 Å². The van der Waals surface area contributed by atoms with Crippen LogP contribution in [0.25, 0.3) is 0 Å². The summed E-state index contributed by atoms with van der Waals surface area (Å²) in [5.74, 6) is -0.881. The summed E-state index contributed by atoms with van der Waals surface area (Å²) in [6.45, 7) is 6.58. The monoisotopic (exact) mass is 761 g/mol. The van der Waals surface area contributed by atoms with Gasteiger partial charge in [0, 0.05) is 19.3 Å². The minimum atomic E-state index is -0.768. The van der Waals surface area contributed by atoms with Gasteiger partial charge in [-0.2, -0.15) is 0 Å². The number of ether oxygens (including phenoxy) is 3. The van der Waals surface area contributed by atoms with Gasteiger partial charge in [-0.3, -0.25) is 14.4 Å². The van der Waals surface area contributed by atoms with Gasteiger partial charge in [0.15, 0.2) is 6.10 Å². The van der Waals surface area contributed by atoms with Crippen molar-refractivity contribution in [2.24, 2.45) is 0 Å². The Morgan fingerprint density at radius 3 is 1.07 bits per heavy atom. The summed E-state index contributed by atoms with van der Waals surface area (Å²) in [5, 5.41) is 0. The van der Waals surface area contributed by atoms with Gasteiger partial charge in [-0.1, -0.05) is 206 Å². The molecule has 54 heavy (non-hydrogen) atoms. The molecule has 0 saturated carbocycles. The second-order valence-corrected chi connectivity index (χ2v) is 15.7. The molecule has 0 aromatic heterocycles.